The van der Waals surface area contributed by atoms with Crippen LogP contribution < -0.4 is 15.1 Å². The number of rotatable bonds is 9. The summed E-state index contributed by atoms with van der Waals surface area (Å²) in [6.45, 7) is 15.0. The highest BCUT2D eigenvalue weighted by atomic mass is 16.5. The van der Waals surface area contributed by atoms with Crippen molar-refractivity contribution in [1.82, 2.24) is 30.0 Å². The van der Waals surface area contributed by atoms with Crippen LogP contribution in [0.3, 0.4) is 0 Å². The zero-order valence-corrected chi connectivity index (χ0v) is 19.8. The van der Waals surface area contributed by atoms with Gasteiger partial charge in [-0.25, -0.2) is 9.97 Å². The lowest BCUT2D eigenvalue weighted by Crippen LogP contribution is -2.47. The number of aromatic nitrogens is 4. The van der Waals surface area contributed by atoms with Crippen LogP contribution in [0.25, 0.3) is 0 Å². The molecule has 0 bridgehead atoms. The topological polar surface area (TPSA) is 74.6 Å². The Kier molecular flexibility index (Phi) is 7.94. The number of hydrogen-bond acceptors (Lipinski definition) is 8. The average molecular weight is 443 g/mol. The molecule has 9 nitrogen and oxygen atoms in total. The maximum atomic E-state index is 5.56. The van der Waals surface area contributed by atoms with Crippen LogP contribution in [0.4, 0.5) is 11.8 Å². The van der Waals surface area contributed by atoms with Gasteiger partial charge in [0.25, 0.3) is 0 Å². The first-order valence-electron chi connectivity index (χ1n) is 12.0. The molecular weight excluding hydrogens is 404 g/mol. The van der Waals surface area contributed by atoms with Crippen molar-refractivity contribution in [1.29, 1.82) is 0 Å². The summed E-state index contributed by atoms with van der Waals surface area (Å²) in [6.07, 6.45) is 4.78. The summed E-state index contributed by atoms with van der Waals surface area (Å²) in [4.78, 5) is 16.0. The second-order valence-electron chi connectivity index (χ2n) is 8.97. The van der Waals surface area contributed by atoms with Crippen LogP contribution in [-0.2, 0) is 18.3 Å². The molecule has 9 heteroatoms. The van der Waals surface area contributed by atoms with Gasteiger partial charge < -0.3 is 19.9 Å². The molecule has 176 valence electrons. The van der Waals surface area contributed by atoms with Crippen molar-refractivity contribution in [2.45, 2.75) is 32.7 Å². The average Bonchev–Trinajstić information content (AvgIpc) is 3.16. The highest BCUT2D eigenvalue weighted by molar-refractivity contribution is 5.51. The molecule has 0 atom stereocenters. The van der Waals surface area contributed by atoms with Crippen LogP contribution >= 0.6 is 0 Å². The molecular formula is C23H38N8O. The Morgan fingerprint density at radius 3 is 2.41 bits per heavy atom. The fraction of sp³-hybridized carbons (Fsp3) is 0.696. The Labute approximate surface area is 191 Å². The number of hydrogen-bond donors (Lipinski definition) is 1. The lowest BCUT2D eigenvalue weighted by atomic mass is 10.0. The van der Waals surface area contributed by atoms with Gasteiger partial charge in [0.15, 0.2) is 0 Å². The summed E-state index contributed by atoms with van der Waals surface area (Å²) in [6, 6.07) is 1.87. The summed E-state index contributed by atoms with van der Waals surface area (Å²) in [5.74, 6) is 2.52. The van der Waals surface area contributed by atoms with E-state index in [9.17, 15) is 0 Å². The molecule has 2 aromatic rings. The molecule has 2 aromatic heterocycles. The monoisotopic (exact) mass is 442 g/mol. The van der Waals surface area contributed by atoms with E-state index in [2.05, 4.69) is 55.6 Å². The smallest absolute Gasteiger partial charge is 0.225 e. The highest BCUT2D eigenvalue weighted by Crippen LogP contribution is 2.28. The molecule has 2 saturated heterocycles. The zero-order valence-electron chi connectivity index (χ0n) is 19.8. The molecule has 32 heavy (non-hydrogen) atoms. The summed E-state index contributed by atoms with van der Waals surface area (Å²) in [7, 11) is 2.07. The first-order valence-corrected chi connectivity index (χ1v) is 12.0. The maximum absolute atomic E-state index is 5.56. The summed E-state index contributed by atoms with van der Waals surface area (Å²) >= 11 is 0. The van der Waals surface area contributed by atoms with Gasteiger partial charge >= 0.3 is 0 Å². The largest absolute Gasteiger partial charge is 0.378 e. The van der Waals surface area contributed by atoms with E-state index >= 15 is 0 Å². The normalized spacial score (nSPS) is 18.0. The molecule has 0 aliphatic carbocycles. The van der Waals surface area contributed by atoms with Gasteiger partial charge in [-0.3, -0.25) is 9.58 Å². The molecule has 0 unspecified atom stereocenters. The van der Waals surface area contributed by atoms with Gasteiger partial charge in [-0.2, -0.15) is 5.10 Å². The number of anilines is 2. The minimum atomic E-state index is 0.415. The van der Waals surface area contributed by atoms with Crippen LogP contribution in [-0.4, -0.2) is 90.2 Å². The predicted octanol–water partition coefficient (Wildman–Crippen LogP) is 1.47. The van der Waals surface area contributed by atoms with E-state index in [4.69, 9.17) is 9.84 Å². The lowest BCUT2D eigenvalue weighted by Gasteiger charge is -2.34. The quantitative estimate of drug-likeness (QED) is 0.586. The maximum Gasteiger partial charge on any atom is 0.225 e. The summed E-state index contributed by atoms with van der Waals surface area (Å²) in [5.41, 5.74) is 2.56. The third kappa shape index (κ3) is 5.57. The van der Waals surface area contributed by atoms with E-state index in [0.717, 1.165) is 84.5 Å². The number of ether oxygens (including phenoxy) is 1. The molecule has 0 spiro atoms. The fourth-order valence-electron chi connectivity index (χ4n) is 4.65. The third-order valence-electron chi connectivity index (χ3n) is 6.34. The fourth-order valence-corrected chi connectivity index (χ4v) is 4.65. The Hall–Kier alpha value is -2.23. The first-order chi connectivity index (χ1) is 15.6. The Morgan fingerprint density at radius 1 is 1.00 bits per heavy atom. The van der Waals surface area contributed by atoms with Crippen molar-refractivity contribution in [2.75, 3.05) is 75.4 Å². The van der Waals surface area contributed by atoms with Crippen molar-refractivity contribution in [3.63, 3.8) is 0 Å². The van der Waals surface area contributed by atoms with E-state index in [-0.39, 0.29) is 0 Å². The number of nitrogens with zero attached hydrogens (tertiary/aromatic N) is 7. The molecule has 0 radical (unpaired) electrons. The van der Waals surface area contributed by atoms with E-state index in [1.54, 1.807) is 0 Å². The minimum absolute atomic E-state index is 0.415. The molecule has 1 N–H and O–H groups in total. The standard InChI is InChI=1S/C23H38N8O/c1-19(2)21-20(22(28(3)27-21)30-14-16-32-17-15-30)18-24-6-5-9-29-10-12-31(13-11-29)23-25-7-4-8-26-23/h4,7-8,19,24H,5-6,9-18H2,1-3H3. The molecule has 4 rings (SSSR count). The number of nitrogens with one attached hydrogen (secondary N) is 1. The SMILES string of the molecule is CC(C)c1nn(C)c(N2CCOCC2)c1CNCCCN1CCN(c2ncccn2)CC1. The van der Waals surface area contributed by atoms with Gasteiger partial charge in [0.2, 0.25) is 5.95 Å². The van der Waals surface area contributed by atoms with Crippen molar-refractivity contribution in [3.8, 4) is 0 Å². The molecule has 2 aliphatic heterocycles. The van der Waals surface area contributed by atoms with Crippen LogP contribution in [0.15, 0.2) is 18.5 Å². The van der Waals surface area contributed by atoms with E-state index < -0.39 is 0 Å². The minimum Gasteiger partial charge on any atom is -0.378 e. The van der Waals surface area contributed by atoms with Crippen molar-refractivity contribution < 1.29 is 4.74 Å². The predicted molar refractivity (Wildman–Crippen MR) is 127 cm³/mol. The van der Waals surface area contributed by atoms with Gasteiger partial charge in [0, 0.05) is 70.8 Å². The molecule has 0 amide bonds. The first kappa shape index (κ1) is 22.9. The second-order valence-corrected chi connectivity index (χ2v) is 8.97. The number of aryl methyl sites for hydroxylation is 1. The van der Waals surface area contributed by atoms with Crippen molar-refractivity contribution >= 4 is 11.8 Å². The zero-order chi connectivity index (χ0) is 22.3. The molecule has 0 saturated carbocycles. The van der Waals surface area contributed by atoms with Gasteiger partial charge in [0.1, 0.15) is 5.82 Å². The summed E-state index contributed by atoms with van der Waals surface area (Å²) < 4.78 is 7.62. The van der Waals surface area contributed by atoms with Crippen LogP contribution in [0.2, 0.25) is 0 Å². The van der Waals surface area contributed by atoms with E-state index in [0.29, 0.717) is 5.92 Å². The third-order valence-corrected chi connectivity index (χ3v) is 6.34. The van der Waals surface area contributed by atoms with E-state index in [1.807, 2.05) is 18.5 Å². The van der Waals surface area contributed by atoms with Gasteiger partial charge in [-0.1, -0.05) is 13.8 Å². The Balaban J connectivity index is 1.23. The number of morpholine rings is 1. The van der Waals surface area contributed by atoms with Gasteiger partial charge in [0.05, 0.1) is 18.9 Å². The Morgan fingerprint density at radius 2 is 1.72 bits per heavy atom. The molecule has 2 fully saturated rings. The highest BCUT2D eigenvalue weighted by Gasteiger charge is 2.24. The van der Waals surface area contributed by atoms with E-state index in [1.165, 1.54) is 17.1 Å². The van der Waals surface area contributed by atoms with Crippen molar-refractivity contribution in [2.24, 2.45) is 7.05 Å². The van der Waals surface area contributed by atoms with Crippen LogP contribution in [0.1, 0.15) is 37.4 Å². The Bertz CT molecular complexity index is 826. The molecule has 2 aliphatic rings. The van der Waals surface area contributed by atoms with Gasteiger partial charge in [-0.05, 0) is 31.5 Å². The number of piperazine rings is 1. The second kappa shape index (κ2) is 11.1. The van der Waals surface area contributed by atoms with Gasteiger partial charge in [-0.15, -0.1) is 0 Å². The molecule has 0 aromatic carbocycles. The van der Waals surface area contributed by atoms with Crippen LogP contribution in [0, 0.1) is 0 Å². The molecule has 4 heterocycles. The van der Waals surface area contributed by atoms with Crippen LogP contribution in [0.5, 0.6) is 0 Å². The lowest BCUT2D eigenvalue weighted by molar-refractivity contribution is 0.122. The summed E-state index contributed by atoms with van der Waals surface area (Å²) in [5, 5.41) is 8.56. The van der Waals surface area contributed by atoms with Crippen molar-refractivity contribution in [3.05, 3.63) is 29.7 Å².